The molecule has 1 aromatic carbocycles. The van der Waals surface area contributed by atoms with Gasteiger partial charge >= 0.3 is 0 Å². The van der Waals surface area contributed by atoms with E-state index in [1.807, 2.05) is 6.92 Å². The zero-order valence-electron chi connectivity index (χ0n) is 10.2. The fraction of sp³-hybridized carbons (Fsp3) is 0.462. The number of aliphatic hydroxyl groups is 1. The Balaban J connectivity index is 2.41. The second-order valence-corrected chi connectivity index (χ2v) is 5.60. The minimum atomic E-state index is -0.116. The molecule has 0 fully saturated rings. The normalized spacial score (nSPS) is 12.2. The Kier molecular flexibility index (Phi) is 6.68. The van der Waals surface area contributed by atoms with Crippen molar-refractivity contribution in [1.29, 1.82) is 0 Å². The lowest BCUT2D eigenvalue weighted by atomic mass is 10.1. The van der Waals surface area contributed by atoms with Gasteiger partial charge in [0.25, 0.3) is 5.91 Å². The van der Waals surface area contributed by atoms with E-state index in [0.29, 0.717) is 21.6 Å². The monoisotopic (exact) mass is 333 g/mol. The van der Waals surface area contributed by atoms with E-state index in [-0.39, 0.29) is 18.4 Å². The number of hydrogen-bond acceptors (Lipinski definition) is 2. The number of carbonyl (C=O) groups excluding carboxylic acids is 1. The molecule has 0 spiro atoms. The van der Waals surface area contributed by atoms with Gasteiger partial charge in [-0.25, -0.2) is 0 Å². The fourth-order valence-corrected chi connectivity index (χ4v) is 2.38. The molecule has 1 atom stereocenters. The molecule has 0 aliphatic carbocycles. The summed E-state index contributed by atoms with van der Waals surface area (Å²) < 4.78 is 0.691. The van der Waals surface area contributed by atoms with E-state index in [0.717, 1.165) is 12.8 Å². The highest BCUT2D eigenvalue weighted by Crippen LogP contribution is 2.21. The summed E-state index contributed by atoms with van der Waals surface area (Å²) in [4.78, 5) is 11.9. The average molecular weight is 335 g/mol. The van der Waals surface area contributed by atoms with Gasteiger partial charge in [-0.1, -0.05) is 18.5 Å². The van der Waals surface area contributed by atoms with Crippen molar-refractivity contribution in [2.24, 2.45) is 5.92 Å². The molecule has 0 aliphatic heterocycles. The number of carbonyl (C=O) groups is 1. The van der Waals surface area contributed by atoms with Gasteiger partial charge in [0.05, 0.1) is 5.56 Å². The van der Waals surface area contributed by atoms with Crippen LogP contribution in [0.5, 0.6) is 0 Å². The standard InChI is InChI=1S/C13H17BrClNO2/c1-9(8-17)3-2-6-16-13(18)11-5-4-10(15)7-12(11)14/h4-5,7,9,17H,2-3,6,8H2,1H3,(H,16,18). The van der Waals surface area contributed by atoms with Gasteiger partial charge in [0.1, 0.15) is 0 Å². The van der Waals surface area contributed by atoms with Gasteiger partial charge < -0.3 is 10.4 Å². The van der Waals surface area contributed by atoms with Gasteiger partial charge in [-0.3, -0.25) is 4.79 Å². The highest BCUT2D eigenvalue weighted by molar-refractivity contribution is 9.10. The molecule has 18 heavy (non-hydrogen) atoms. The first-order chi connectivity index (χ1) is 8.54. The highest BCUT2D eigenvalue weighted by atomic mass is 79.9. The van der Waals surface area contributed by atoms with E-state index in [4.69, 9.17) is 16.7 Å². The van der Waals surface area contributed by atoms with Crippen molar-refractivity contribution in [3.05, 3.63) is 33.3 Å². The topological polar surface area (TPSA) is 49.3 Å². The van der Waals surface area contributed by atoms with E-state index in [2.05, 4.69) is 21.2 Å². The Labute approximate surface area is 121 Å². The number of nitrogens with one attached hydrogen (secondary N) is 1. The Morgan fingerprint density at radius 3 is 2.89 bits per heavy atom. The Hall–Kier alpha value is -0.580. The van der Waals surface area contributed by atoms with Crippen molar-refractivity contribution in [2.75, 3.05) is 13.2 Å². The molecule has 0 radical (unpaired) electrons. The summed E-state index contributed by atoms with van der Waals surface area (Å²) in [5.74, 6) is 0.166. The third-order valence-corrected chi connectivity index (χ3v) is 3.54. The molecule has 0 saturated heterocycles. The van der Waals surface area contributed by atoms with E-state index in [9.17, 15) is 4.79 Å². The molecule has 1 aromatic rings. The van der Waals surface area contributed by atoms with Crippen molar-refractivity contribution in [3.63, 3.8) is 0 Å². The number of hydrogen-bond donors (Lipinski definition) is 2. The number of halogens is 2. The predicted octanol–water partition coefficient (Wildman–Crippen LogP) is 3.24. The second-order valence-electron chi connectivity index (χ2n) is 4.31. The Morgan fingerprint density at radius 1 is 1.56 bits per heavy atom. The quantitative estimate of drug-likeness (QED) is 0.785. The first kappa shape index (κ1) is 15.5. The number of benzene rings is 1. The lowest BCUT2D eigenvalue weighted by Gasteiger charge is -2.09. The minimum absolute atomic E-state index is 0.116. The van der Waals surface area contributed by atoms with Crippen molar-refractivity contribution in [2.45, 2.75) is 19.8 Å². The van der Waals surface area contributed by atoms with E-state index >= 15 is 0 Å². The van der Waals surface area contributed by atoms with E-state index < -0.39 is 0 Å². The molecule has 3 nitrogen and oxygen atoms in total. The maximum atomic E-state index is 11.9. The molecule has 0 heterocycles. The van der Waals surface area contributed by atoms with Crippen LogP contribution in [0.15, 0.2) is 22.7 Å². The van der Waals surface area contributed by atoms with Gasteiger partial charge in [-0.05, 0) is 52.9 Å². The van der Waals surface area contributed by atoms with Crippen LogP contribution >= 0.6 is 27.5 Å². The van der Waals surface area contributed by atoms with Crippen LogP contribution in [0, 0.1) is 5.92 Å². The summed E-state index contributed by atoms with van der Waals surface area (Å²) in [6.45, 7) is 2.78. The number of amides is 1. The van der Waals surface area contributed by atoms with Gasteiger partial charge in [-0.15, -0.1) is 0 Å². The minimum Gasteiger partial charge on any atom is -0.396 e. The maximum Gasteiger partial charge on any atom is 0.252 e. The van der Waals surface area contributed by atoms with Crippen LogP contribution in [0.25, 0.3) is 0 Å². The first-order valence-electron chi connectivity index (χ1n) is 5.88. The molecule has 1 rings (SSSR count). The van der Waals surface area contributed by atoms with Crippen LogP contribution in [0.1, 0.15) is 30.1 Å². The first-order valence-corrected chi connectivity index (χ1v) is 7.05. The second kappa shape index (κ2) is 7.77. The van der Waals surface area contributed by atoms with Gasteiger partial charge in [0, 0.05) is 22.6 Å². The Morgan fingerprint density at radius 2 is 2.28 bits per heavy atom. The van der Waals surface area contributed by atoms with Gasteiger partial charge in [0.2, 0.25) is 0 Å². The van der Waals surface area contributed by atoms with Crippen LogP contribution in [0.3, 0.4) is 0 Å². The lowest BCUT2D eigenvalue weighted by molar-refractivity contribution is 0.0951. The van der Waals surface area contributed by atoms with E-state index in [1.165, 1.54) is 0 Å². The van der Waals surface area contributed by atoms with Crippen LogP contribution in [0.2, 0.25) is 5.02 Å². The lowest BCUT2D eigenvalue weighted by Crippen LogP contribution is -2.25. The Bertz CT molecular complexity index is 412. The summed E-state index contributed by atoms with van der Waals surface area (Å²) in [7, 11) is 0. The number of rotatable bonds is 6. The van der Waals surface area contributed by atoms with Crippen LogP contribution < -0.4 is 5.32 Å². The summed E-state index contributed by atoms with van der Waals surface area (Å²) in [5.41, 5.74) is 0.578. The van der Waals surface area contributed by atoms with Crippen molar-refractivity contribution >= 4 is 33.4 Å². The molecule has 100 valence electrons. The fourth-order valence-electron chi connectivity index (χ4n) is 1.51. The van der Waals surface area contributed by atoms with Crippen LogP contribution in [0.4, 0.5) is 0 Å². The molecule has 0 bridgehead atoms. The molecule has 1 amide bonds. The third-order valence-electron chi connectivity index (χ3n) is 2.65. The summed E-state index contributed by atoms with van der Waals surface area (Å²) in [6.07, 6.45) is 1.76. The average Bonchev–Trinajstić information content (AvgIpc) is 2.34. The summed E-state index contributed by atoms with van der Waals surface area (Å²) in [5, 5.41) is 12.3. The molecule has 5 heteroatoms. The zero-order valence-corrected chi connectivity index (χ0v) is 12.6. The van der Waals surface area contributed by atoms with Crippen molar-refractivity contribution in [3.8, 4) is 0 Å². The molecule has 0 saturated carbocycles. The SMILES string of the molecule is CC(CO)CCCNC(=O)c1ccc(Cl)cc1Br. The van der Waals surface area contributed by atoms with Crippen LogP contribution in [-0.2, 0) is 0 Å². The van der Waals surface area contributed by atoms with Crippen molar-refractivity contribution in [1.82, 2.24) is 5.32 Å². The third kappa shape index (κ3) is 4.96. The van der Waals surface area contributed by atoms with Crippen molar-refractivity contribution < 1.29 is 9.90 Å². The van der Waals surface area contributed by atoms with Gasteiger partial charge in [0.15, 0.2) is 0 Å². The number of aliphatic hydroxyl groups excluding tert-OH is 1. The van der Waals surface area contributed by atoms with E-state index in [1.54, 1.807) is 18.2 Å². The summed E-state index contributed by atoms with van der Waals surface area (Å²) in [6, 6.07) is 5.08. The van der Waals surface area contributed by atoms with Crippen LogP contribution in [-0.4, -0.2) is 24.2 Å². The molecular formula is C13H17BrClNO2. The maximum absolute atomic E-state index is 11.9. The predicted molar refractivity (Wildman–Crippen MR) is 77.0 cm³/mol. The molecule has 0 aliphatic rings. The molecule has 0 aromatic heterocycles. The summed E-state index contributed by atoms with van der Waals surface area (Å²) >= 11 is 9.13. The molecule has 1 unspecified atom stereocenters. The largest absolute Gasteiger partial charge is 0.396 e. The smallest absolute Gasteiger partial charge is 0.252 e. The van der Waals surface area contributed by atoms with Gasteiger partial charge in [-0.2, -0.15) is 0 Å². The molecular weight excluding hydrogens is 318 g/mol. The zero-order chi connectivity index (χ0) is 13.5. The molecule has 2 N–H and O–H groups in total. The highest BCUT2D eigenvalue weighted by Gasteiger charge is 2.09.